The molecule has 1 nitrogen and oxygen atoms in total. The summed E-state index contributed by atoms with van der Waals surface area (Å²) < 4.78 is 5.49. The fourth-order valence-electron chi connectivity index (χ4n) is 0.897. The first-order valence-electron chi connectivity index (χ1n) is 4.14. The second kappa shape index (κ2) is 6.49. The minimum atomic E-state index is 0.851. The highest BCUT2D eigenvalue weighted by Crippen LogP contribution is 2.15. The van der Waals surface area contributed by atoms with Crippen LogP contribution in [0.4, 0.5) is 0 Å². The molecule has 0 saturated heterocycles. The molecular weight excluding hydrogens is 236 g/mol. The molecule has 3 heteroatoms. The Kier molecular flexibility index (Phi) is 5.44. The van der Waals surface area contributed by atoms with E-state index in [0.717, 1.165) is 24.1 Å². The fraction of sp³-hybridized carbons (Fsp3) is 0.556. The number of thiophene rings is 1. The van der Waals surface area contributed by atoms with Crippen molar-refractivity contribution in [1.29, 1.82) is 0 Å². The molecule has 0 radical (unpaired) electrons. The van der Waals surface area contributed by atoms with Gasteiger partial charge in [-0.2, -0.15) is 0 Å². The molecule has 1 rings (SSSR count). The van der Waals surface area contributed by atoms with Crippen LogP contribution in [0.3, 0.4) is 0 Å². The molecule has 0 saturated carbocycles. The summed E-state index contributed by atoms with van der Waals surface area (Å²) in [7, 11) is 0. The monoisotopic (exact) mass is 248 g/mol. The number of hydrogen-bond acceptors (Lipinski definition) is 2. The molecule has 1 aromatic rings. The molecule has 0 aliphatic rings. The summed E-state index contributed by atoms with van der Waals surface area (Å²) in [5, 5.41) is 5.17. The van der Waals surface area contributed by atoms with Gasteiger partial charge in [0, 0.05) is 10.7 Å². The summed E-state index contributed by atoms with van der Waals surface area (Å²) in [5.74, 6) is 1.01. The summed E-state index contributed by atoms with van der Waals surface area (Å²) >= 11 is 5.08. The van der Waals surface area contributed by atoms with Crippen molar-refractivity contribution in [2.75, 3.05) is 11.9 Å². The lowest BCUT2D eigenvalue weighted by molar-refractivity contribution is 0.308. The van der Waals surface area contributed by atoms with Crippen LogP contribution in [0.1, 0.15) is 19.3 Å². The largest absolute Gasteiger partial charge is 0.493 e. The van der Waals surface area contributed by atoms with Crippen LogP contribution >= 0.6 is 27.3 Å². The highest BCUT2D eigenvalue weighted by Gasteiger charge is 1.92. The van der Waals surface area contributed by atoms with Gasteiger partial charge in [0.15, 0.2) is 0 Å². The Labute approximate surface area is 85.9 Å². The first-order valence-corrected chi connectivity index (χ1v) is 6.21. The highest BCUT2D eigenvalue weighted by atomic mass is 79.9. The zero-order chi connectivity index (χ0) is 8.65. The topological polar surface area (TPSA) is 9.23 Å². The predicted molar refractivity (Wildman–Crippen MR) is 57.5 cm³/mol. The van der Waals surface area contributed by atoms with Crippen molar-refractivity contribution >= 4 is 27.3 Å². The van der Waals surface area contributed by atoms with Crippen LogP contribution in [-0.4, -0.2) is 11.9 Å². The van der Waals surface area contributed by atoms with E-state index in [9.17, 15) is 0 Å². The van der Waals surface area contributed by atoms with E-state index < -0.39 is 0 Å². The van der Waals surface area contributed by atoms with E-state index in [2.05, 4.69) is 15.9 Å². The number of ether oxygens (including phenoxy) is 1. The van der Waals surface area contributed by atoms with E-state index >= 15 is 0 Å². The van der Waals surface area contributed by atoms with Crippen molar-refractivity contribution in [1.82, 2.24) is 0 Å². The lowest BCUT2D eigenvalue weighted by Crippen LogP contribution is -1.95. The van der Waals surface area contributed by atoms with Gasteiger partial charge in [-0.1, -0.05) is 15.9 Å². The van der Waals surface area contributed by atoms with Gasteiger partial charge in [0.25, 0.3) is 0 Å². The molecule has 0 aliphatic heterocycles. The second-order valence-electron chi connectivity index (χ2n) is 2.56. The molecular formula is C9H13BrOS. The molecule has 0 bridgehead atoms. The first-order chi connectivity index (χ1) is 5.93. The number of unbranched alkanes of at least 4 members (excludes halogenated alkanes) is 2. The second-order valence-corrected chi connectivity index (χ2v) is 4.13. The molecule has 1 heterocycles. The van der Waals surface area contributed by atoms with Crippen LogP contribution in [0.5, 0.6) is 5.75 Å². The van der Waals surface area contributed by atoms with Crippen molar-refractivity contribution in [3.63, 3.8) is 0 Å². The average Bonchev–Trinajstić information content (AvgIpc) is 2.57. The predicted octanol–water partition coefficient (Wildman–Crippen LogP) is 3.69. The summed E-state index contributed by atoms with van der Waals surface area (Å²) in [5.41, 5.74) is 0. The Bertz CT molecular complexity index is 186. The van der Waals surface area contributed by atoms with Gasteiger partial charge in [0.1, 0.15) is 5.75 Å². The molecule has 0 amide bonds. The van der Waals surface area contributed by atoms with Gasteiger partial charge in [-0.05, 0) is 30.7 Å². The van der Waals surface area contributed by atoms with Crippen molar-refractivity contribution in [2.24, 2.45) is 0 Å². The van der Waals surface area contributed by atoms with Crippen molar-refractivity contribution < 1.29 is 4.74 Å². The van der Waals surface area contributed by atoms with Crippen LogP contribution in [0.25, 0.3) is 0 Å². The molecule has 0 fully saturated rings. The summed E-state index contributed by atoms with van der Waals surface area (Å²) in [6.45, 7) is 0.851. The maximum atomic E-state index is 5.49. The van der Waals surface area contributed by atoms with Crippen LogP contribution in [0.2, 0.25) is 0 Å². The number of halogens is 1. The standard InChI is InChI=1S/C9H13BrOS/c10-5-2-1-3-6-11-9-4-7-12-8-9/h4,7-8H,1-3,5-6H2. The Balaban J connectivity index is 1.96. The smallest absolute Gasteiger partial charge is 0.129 e. The van der Waals surface area contributed by atoms with Crippen LogP contribution in [-0.2, 0) is 0 Å². The molecule has 68 valence electrons. The van der Waals surface area contributed by atoms with Crippen molar-refractivity contribution in [2.45, 2.75) is 19.3 Å². The molecule has 0 aliphatic carbocycles. The van der Waals surface area contributed by atoms with Crippen molar-refractivity contribution in [3.05, 3.63) is 16.8 Å². The van der Waals surface area contributed by atoms with Gasteiger partial charge in [-0.25, -0.2) is 0 Å². The third kappa shape index (κ3) is 4.12. The molecule has 0 N–H and O–H groups in total. The maximum absolute atomic E-state index is 5.49. The zero-order valence-corrected chi connectivity index (χ0v) is 9.36. The summed E-state index contributed by atoms with van der Waals surface area (Å²) in [6.07, 6.45) is 3.64. The van der Waals surface area contributed by atoms with E-state index in [1.165, 1.54) is 12.8 Å². The maximum Gasteiger partial charge on any atom is 0.129 e. The van der Waals surface area contributed by atoms with E-state index in [-0.39, 0.29) is 0 Å². The Morgan fingerprint density at radius 2 is 2.25 bits per heavy atom. The van der Waals surface area contributed by atoms with E-state index in [1.54, 1.807) is 11.3 Å². The van der Waals surface area contributed by atoms with Crippen LogP contribution in [0, 0.1) is 0 Å². The Morgan fingerprint density at radius 1 is 1.33 bits per heavy atom. The Morgan fingerprint density at radius 3 is 2.92 bits per heavy atom. The molecule has 0 aromatic carbocycles. The quantitative estimate of drug-likeness (QED) is 0.551. The van der Waals surface area contributed by atoms with E-state index in [0.29, 0.717) is 0 Å². The molecule has 0 spiro atoms. The average molecular weight is 249 g/mol. The lowest BCUT2D eigenvalue weighted by Gasteiger charge is -2.01. The normalized spacial score (nSPS) is 10.1. The van der Waals surface area contributed by atoms with Gasteiger partial charge in [-0.3, -0.25) is 0 Å². The molecule has 12 heavy (non-hydrogen) atoms. The van der Waals surface area contributed by atoms with E-state index in [4.69, 9.17) is 4.74 Å². The highest BCUT2D eigenvalue weighted by molar-refractivity contribution is 9.09. The SMILES string of the molecule is BrCCCCCOc1ccsc1. The summed E-state index contributed by atoms with van der Waals surface area (Å²) in [6, 6.07) is 2.01. The fourth-order valence-corrected chi connectivity index (χ4v) is 1.87. The van der Waals surface area contributed by atoms with E-state index in [1.807, 2.05) is 16.8 Å². The number of rotatable bonds is 6. The number of hydrogen-bond donors (Lipinski definition) is 0. The zero-order valence-electron chi connectivity index (χ0n) is 6.96. The van der Waals surface area contributed by atoms with Gasteiger partial charge in [0.2, 0.25) is 0 Å². The van der Waals surface area contributed by atoms with Crippen molar-refractivity contribution in [3.8, 4) is 5.75 Å². The van der Waals surface area contributed by atoms with Gasteiger partial charge < -0.3 is 4.74 Å². The summed E-state index contributed by atoms with van der Waals surface area (Å²) in [4.78, 5) is 0. The third-order valence-corrected chi connectivity index (χ3v) is 2.76. The number of alkyl halides is 1. The minimum Gasteiger partial charge on any atom is -0.493 e. The Hall–Kier alpha value is -0.0200. The molecule has 0 unspecified atom stereocenters. The van der Waals surface area contributed by atoms with Gasteiger partial charge >= 0.3 is 0 Å². The molecule has 0 atom stereocenters. The molecule has 1 aromatic heterocycles. The first kappa shape index (κ1) is 10.1. The minimum absolute atomic E-state index is 0.851. The van der Waals surface area contributed by atoms with Gasteiger partial charge in [-0.15, -0.1) is 11.3 Å². The third-order valence-electron chi connectivity index (χ3n) is 1.54. The van der Waals surface area contributed by atoms with Gasteiger partial charge in [0.05, 0.1) is 6.61 Å². The lowest BCUT2D eigenvalue weighted by atomic mass is 10.3. The van der Waals surface area contributed by atoms with Crippen LogP contribution in [0.15, 0.2) is 16.8 Å². The van der Waals surface area contributed by atoms with Crippen LogP contribution < -0.4 is 4.74 Å².